The number of rotatable bonds is 6. The topological polar surface area (TPSA) is 111 Å². The highest BCUT2D eigenvalue weighted by atomic mass is 16.4. The molecule has 9 heteroatoms. The highest BCUT2D eigenvalue weighted by Crippen LogP contribution is 2.13. The zero-order valence-electron chi connectivity index (χ0n) is 12.8. The van der Waals surface area contributed by atoms with Crippen LogP contribution in [0.15, 0.2) is 9.59 Å². The van der Waals surface area contributed by atoms with Gasteiger partial charge in [-0.05, 0) is 13.8 Å². The number of carboxylic acids is 1. The molecule has 0 saturated heterocycles. The summed E-state index contributed by atoms with van der Waals surface area (Å²) >= 11 is 0. The second kappa shape index (κ2) is 6.04. The molecule has 22 heavy (non-hydrogen) atoms. The molecular weight excluding hydrogens is 290 g/mol. The van der Waals surface area contributed by atoms with Crippen LogP contribution in [-0.2, 0) is 24.9 Å². The van der Waals surface area contributed by atoms with Crippen LogP contribution in [0.2, 0.25) is 0 Å². The predicted molar refractivity (Wildman–Crippen MR) is 81.3 cm³/mol. The van der Waals surface area contributed by atoms with Crippen molar-refractivity contribution in [3.63, 3.8) is 0 Å². The van der Waals surface area contributed by atoms with Crippen molar-refractivity contribution in [2.75, 3.05) is 11.9 Å². The molecule has 0 aliphatic heterocycles. The highest BCUT2D eigenvalue weighted by molar-refractivity contribution is 5.74. The van der Waals surface area contributed by atoms with E-state index in [9.17, 15) is 14.4 Å². The van der Waals surface area contributed by atoms with Gasteiger partial charge in [0.25, 0.3) is 5.56 Å². The fourth-order valence-electron chi connectivity index (χ4n) is 2.37. The maximum absolute atomic E-state index is 12.4. The Labute approximate surface area is 125 Å². The number of imidazole rings is 1. The minimum Gasteiger partial charge on any atom is -0.481 e. The first-order chi connectivity index (χ1) is 10.4. The van der Waals surface area contributed by atoms with Crippen molar-refractivity contribution in [3.8, 4) is 0 Å². The number of aliphatic carboxylic acids is 1. The SMILES string of the molecule is CCn1c(=O)c2c(nc(NCCC(=O)O)n2C)n(CC)c1=O. The van der Waals surface area contributed by atoms with E-state index in [1.54, 1.807) is 25.5 Å². The van der Waals surface area contributed by atoms with Crippen LogP contribution in [0.4, 0.5) is 5.95 Å². The molecule has 0 aliphatic rings. The number of aromatic nitrogens is 4. The lowest BCUT2D eigenvalue weighted by Gasteiger charge is -2.08. The van der Waals surface area contributed by atoms with Crippen molar-refractivity contribution >= 4 is 23.1 Å². The van der Waals surface area contributed by atoms with Gasteiger partial charge in [-0.25, -0.2) is 4.79 Å². The van der Waals surface area contributed by atoms with Gasteiger partial charge in [0.2, 0.25) is 5.95 Å². The molecule has 0 atom stereocenters. The third-order valence-electron chi connectivity index (χ3n) is 3.50. The summed E-state index contributed by atoms with van der Waals surface area (Å²) in [6, 6.07) is 0. The summed E-state index contributed by atoms with van der Waals surface area (Å²) in [5, 5.41) is 11.5. The smallest absolute Gasteiger partial charge is 0.332 e. The molecule has 2 heterocycles. The van der Waals surface area contributed by atoms with Crippen LogP contribution in [0, 0.1) is 0 Å². The van der Waals surface area contributed by atoms with Crippen LogP contribution in [0.25, 0.3) is 11.2 Å². The lowest BCUT2D eigenvalue weighted by atomic mass is 10.4. The zero-order valence-corrected chi connectivity index (χ0v) is 12.8. The molecule has 0 unspecified atom stereocenters. The van der Waals surface area contributed by atoms with Crippen molar-refractivity contribution in [1.29, 1.82) is 0 Å². The molecule has 0 bridgehead atoms. The third-order valence-corrected chi connectivity index (χ3v) is 3.50. The van der Waals surface area contributed by atoms with Crippen molar-refractivity contribution < 1.29 is 9.90 Å². The lowest BCUT2D eigenvalue weighted by Crippen LogP contribution is -2.39. The summed E-state index contributed by atoms with van der Waals surface area (Å²) in [5.74, 6) is -0.561. The number of fused-ring (bicyclic) bond motifs is 1. The van der Waals surface area contributed by atoms with Crippen molar-refractivity contribution in [3.05, 3.63) is 20.8 Å². The molecule has 0 saturated carbocycles. The van der Waals surface area contributed by atoms with Crippen LogP contribution in [0.5, 0.6) is 0 Å². The molecule has 120 valence electrons. The summed E-state index contributed by atoms with van der Waals surface area (Å²) in [6.07, 6.45) is -0.0665. The number of hydrogen-bond acceptors (Lipinski definition) is 5. The van der Waals surface area contributed by atoms with Gasteiger partial charge < -0.3 is 15.0 Å². The van der Waals surface area contributed by atoms with Crippen LogP contribution in [-0.4, -0.2) is 36.3 Å². The molecule has 0 fully saturated rings. The molecule has 0 amide bonds. The predicted octanol–water partition coefficient (Wildman–Crippen LogP) is -0.177. The molecule has 2 rings (SSSR count). The minimum absolute atomic E-state index is 0.0665. The van der Waals surface area contributed by atoms with E-state index in [0.717, 1.165) is 4.57 Å². The Morgan fingerprint density at radius 3 is 2.41 bits per heavy atom. The second-order valence-corrected chi connectivity index (χ2v) is 4.81. The van der Waals surface area contributed by atoms with E-state index in [2.05, 4.69) is 10.3 Å². The first-order valence-corrected chi connectivity index (χ1v) is 7.08. The minimum atomic E-state index is -0.926. The summed E-state index contributed by atoms with van der Waals surface area (Å²) in [5.41, 5.74) is -0.158. The van der Waals surface area contributed by atoms with E-state index < -0.39 is 17.2 Å². The number of carbonyl (C=O) groups is 1. The van der Waals surface area contributed by atoms with Crippen molar-refractivity contribution in [1.82, 2.24) is 18.7 Å². The Morgan fingerprint density at radius 2 is 1.86 bits per heavy atom. The summed E-state index contributed by atoms with van der Waals surface area (Å²) in [4.78, 5) is 39.5. The van der Waals surface area contributed by atoms with E-state index in [1.807, 2.05) is 0 Å². The van der Waals surface area contributed by atoms with Gasteiger partial charge in [0, 0.05) is 26.7 Å². The maximum atomic E-state index is 12.4. The first kappa shape index (κ1) is 15.8. The number of carboxylic acid groups (broad SMARTS) is 1. The van der Waals surface area contributed by atoms with Crippen LogP contribution >= 0.6 is 0 Å². The number of aryl methyl sites for hydroxylation is 2. The normalized spacial score (nSPS) is 11.0. The quantitative estimate of drug-likeness (QED) is 0.766. The number of hydrogen-bond donors (Lipinski definition) is 2. The van der Waals surface area contributed by atoms with Gasteiger partial charge in [-0.2, -0.15) is 4.98 Å². The van der Waals surface area contributed by atoms with Gasteiger partial charge in [0.15, 0.2) is 11.2 Å². The van der Waals surface area contributed by atoms with E-state index in [1.165, 1.54) is 4.57 Å². The molecule has 0 radical (unpaired) electrons. The van der Waals surface area contributed by atoms with E-state index >= 15 is 0 Å². The molecule has 2 aromatic rings. The Bertz CT molecular complexity index is 830. The molecule has 2 N–H and O–H groups in total. The van der Waals surface area contributed by atoms with Gasteiger partial charge in [0.1, 0.15) is 0 Å². The molecule has 0 aliphatic carbocycles. The standard InChI is InChI=1S/C13H19N5O4/c1-4-17-10-9(11(21)18(5-2)13(17)22)16(3)12(15-10)14-7-6-8(19)20/h4-7H2,1-3H3,(H,14,15)(H,19,20). The van der Waals surface area contributed by atoms with Crippen molar-refractivity contribution in [2.24, 2.45) is 7.05 Å². The highest BCUT2D eigenvalue weighted by Gasteiger charge is 2.18. The largest absolute Gasteiger partial charge is 0.481 e. The summed E-state index contributed by atoms with van der Waals surface area (Å²) in [6.45, 7) is 4.39. The zero-order chi connectivity index (χ0) is 16.4. The van der Waals surface area contributed by atoms with Crippen LogP contribution in [0.1, 0.15) is 20.3 Å². The van der Waals surface area contributed by atoms with E-state index in [0.29, 0.717) is 23.7 Å². The van der Waals surface area contributed by atoms with Crippen LogP contribution in [0.3, 0.4) is 0 Å². The fourth-order valence-corrected chi connectivity index (χ4v) is 2.37. The maximum Gasteiger partial charge on any atom is 0.332 e. The Balaban J connectivity index is 2.63. The van der Waals surface area contributed by atoms with Gasteiger partial charge >= 0.3 is 11.7 Å². The fraction of sp³-hybridized carbons (Fsp3) is 0.538. The Hall–Kier alpha value is -2.58. The number of anilines is 1. The van der Waals surface area contributed by atoms with Crippen LogP contribution < -0.4 is 16.6 Å². The van der Waals surface area contributed by atoms with Crippen molar-refractivity contribution in [2.45, 2.75) is 33.4 Å². The van der Waals surface area contributed by atoms with E-state index in [-0.39, 0.29) is 19.5 Å². The molecular formula is C13H19N5O4. The molecule has 0 spiro atoms. The number of nitrogens with zero attached hydrogens (tertiary/aromatic N) is 4. The molecule has 0 aromatic carbocycles. The molecule has 2 aromatic heterocycles. The second-order valence-electron chi connectivity index (χ2n) is 4.81. The summed E-state index contributed by atoms with van der Waals surface area (Å²) < 4.78 is 4.15. The monoisotopic (exact) mass is 309 g/mol. The lowest BCUT2D eigenvalue weighted by molar-refractivity contribution is -0.136. The third kappa shape index (κ3) is 2.49. The number of nitrogens with one attached hydrogen (secondary N) is 1. The Morgan fingerprint density at radius 1 is 1.23 bits per heavy atom. The summed E-state index contributed by atoms with van der Waals surface area (Å²) in [7, 11) is 1.66. The van der Waals surface area contributed by atoms with E-state index in [4.69, 9.17) is 5.11 Å². The van der Waals surface area contributed by atoms with Gasteiger partial charge in [0.05, 0.1) is 6.42 Å². The van der Waals surface area contributed by atoms with Gasteiger partial charge in [-0.15, -0.1) is 0 Å². The first-order valence-electron chi connectivity index (χ1n) is 7.08. The van der Waals surface area contributed by atoms with Gasteiger partial charge in [-0.3, -0.25) is 18.7 Å². The van der Waals surface area contributed by atoms with Gasteiger partial charge in [-0.1, -0.05) is 0 Å². The average molecular weight is 309 g/mol. The Kier molecular flexibility index (Phi) is 4.34. The average Bonchev–Trinajstić information content (AvgIpc) is 2.77. The molecule has 9 nitrogen and oxygen atoms in total.